The Bertz CT molecular complexity index is 923. The van der Waals surface area contributed by atoms with Crippen LogP contribution in [0, 0.1) is 20.8 Å². The van der Waals surface area contributed by atoms with Crippen LogP contribution in [0.15, 0.2) is 42.5 Å². The molecule has 0 aromatic heterocycles. The van der Waals surface area contributed by atoms with Crippen LogP contribution in [0.2, 0.25) is 0 Å². The lowest BCUT2D eigenvalue weighted by Gasteiger charge is -2.51. The van der Waals surface area contributed by atoms with Crippen LogP contribution in [0.1, 0.15) is 59.3 Å². The molecule has 2 aliphatic heterocycles. The summed E-state index contributed by atoms with van der Waals surface area (Å²) in [7, 11) is 0. The van der Waals surface area contributed by atoms with Gasteiger partial charge < -0.3 is 4.90 Å². The molecule has 0 aliphatic carbocycles. The third kappa shape index (κ3) is 4.77. The SMILES string of the molecule is Cc1ccc(CN2CCN(C3(C)CCN(C(=O)c4c(C)cccc4C)CC3)CC2C)cc1. The quantitative estimate of drug-likeness (QED) is 0.692. The number of aryl methyl sites for hydroxylation is 3. The van der Waals surface area contributed by atoms with Gasteiger partial charge in [-0.25, -0.2) is 0 Å². The second-order valence-electron chi connectivity index (χ2n) is 10.3. The average Bonchev–Trinajstić information content (AvgIpc) is 2.77. The number of nitrogens with zero attached hydrogens (tertiary/aromatic N) is 3. The topological polar surface area (TPSA) is 26.8 Å². The predicted molar refractivity (Wildman–Crippen MR) is 132 cm³/mol. The van der Waals surface area contributed by atoms with E-state index in [0.29, 0.717) is 6.04 Å². The molecule has 1 unspecified atom stereocenters. The van der Waals surface area contributed by atoms with E-state index in [1.807, 2.05) is 32.0 Å². The van der Waals surface area contributed by atoms with Crippen molar-refractivity contribution in [3.05, 3.63) is 70.3 Å². The zero-order valence-corrected chi connectivity index (χ0v) is 20.5. The number of rotatable bonds is 4. The van der Waals surface area contributed by atoms with E-state index in [4.69, 9.17) is 0 Å². The van der Waals surface area contributed by atoms with Gasteiger partial charge >= 0.3 is 0 Å². The van der Waals surface area contributed by atoms with E-state index in [2.05, 4.69) is 59.7 Å². The first-order chi connectivity index (χ1) is 15.3. The summed E-state index contributed by atoms with van der Waals surface area (Å²) in [6, 6.07) is 15.6. The van der Waals surface area contributed by atoms with Gasteiger partial charge in [-0.2, -0.15) is 0 Å². The van der Waals surface area contributed by atoms with Gasteiger partial charge in [-0.05, 0) is 64.2 Å². The summed E-state index contributed by atoms with van der Waals surface area (Å²) >= 11 is 0. The van der Waals surface area contributed by atoms with E-state index in [0.717, 1.165) is 68.8 Å². The first kappa shape index (κ1) is 23.0. The van der Waals surface area contributed by atoms with E-state index < -0.39 is 0 Å². The number of hydrogen-bond acceptors (Lipinski definition) is 3. The van der Waals surface area contributed by atoms with E-state index in [9.17, 15) is 4.79 Å². The normalized spacial score (nSPS) is 22.2. The van der Waals surface area contributed by atoms with Crippen molar-refractivity contribution in [2.75, 3.05) is 32.7 Å². The minimum atomic E-state index is 0.182. The molecule has 0 bridgehead atoms. The molecular formula is C28H39N3O. The van der Waals surface area contributed by atoms with E-state index in [1.165, 1.54) is 11.1 Å². The van der Waals surface area contributed by atoms with Gasteiger partial charge in [0.05, 0.1) is 0 Å². The third-order valence-corrected chi connectivity index (χ3v) is 7.86. The molecule has 2 saturated heterocycles. The smallest absolute Gasteiger partial charge is 0.254 e. The van der Waals surface area contributed by atoms with Crippen LogP contribution in [0.5, 0.6) is 0 Å². The fraction of sp³-hybridized carbons (Fsp3) is 0.536. The highest BCUT2D eigenvalue weighted by atomic mass is 16.2. The van der Waals surface area contributed by atoms with E-state index >= 15 is 0 Å². The highest BCUT2D eigenvalue weighted by molar-refractivity contribution is 5.97. The Balaban J connectivity index is 1.34. The van der Waals surface area contributed by atoms with Crippen LogP contribution in [-0.2, 0) is 6.54 Å². The standard InChI is InChI=1S/C28H39N3O/c1-21-9-11-25(12-10-21)20-30-17-18-31(19-24(30)4)28(5)13-15-29(16-14-28)27(32)26-22(2)7-6-8-23(26)3/h6-12,24H,13-20H2,1-5H3. The monoisotopic (exact) mass is 433 g/mol. The first-order valence-corrected chi connectivity index (χ1v) is 12.2. The number of benzene rings is 2. The average molecular weight is 434 g/mol. The molecule has 2 fully saturated rings. The third-order valence-electron chi connectivity index (χ3n) is 7.86. The molecule has 1 atom stereocenters. The number of likely N-dealkylation sites (tertiary alicyclic amines) is 1. The summed E-state index contributed by atoms with van der Waals surface area (Å²) in [5.74, 6) is 0.207. The fourth-order valence-corrected chi connectivity index (χ4v) is 5.47. The molecule has 0 N–H and O–H groups in total. The maximum atomic E-state index is 13.2. The van der Waals surface area contributed by atoms with Crippen LogP contribution in [0.3, 0.4) is 0 Å². The summed E-state index contributed by atoms with van der Waals surface area (Å²) in [4.78, 5) is 20.6. The van der Waals surface area contributed by atoms with Gasteiger partial charge in [0.1, 0.15) is 0 Å². The molecule has 2 heterocycles. The highest BCUT2D eigenvalue weighted by Gasteiger charge is 2.40. The summed E-state index contributed by atoms with van der Waals surface area (Å²) < 4.78 is 0. The molecule has 4 rings (SSSR count). The van der Waals surface area contributed by atoms with Gasteiger partial charge in [-0.3, -0.25) is 14.6 Å². The minimum absolute atomic E-state index is 0.182. The maximum Gasteiger partial charge on any atom is 0.254 e. The molecule has 2 aromatic rings. The van der Waals surface area contributed by atoms with Gasteiger partial charge in [0.2, 0.25) is 0 Å². The zero-order valence-electron chi connectivity index (χ0n) is 20.5. The van der Waals surface area contributed by atoms with Gasteiger partial charge in [0.15, 0.2) is 0 Å². The Morgan fingerprint density at radius 2 is 1.56 bits per heavy atom. The molecule has 4 nitrogen and oxygen atoms in total. The zero-order chi connectivity index (χ0) is 22.9. The largest absolute Gasteiger partial charge is 0.338 e. The lowest BCUT2D eigenvalue weighted by molar-refractivity contribution is -0.0192. The molecular weight excluding hydrogens is 394 g/mol. The Hall–Kier alpha value is -2.17. The molecule has 1 amide bonds. The Morgan fingerprint density at radius 1 is 0.938 bits per heavy atom. The molecule has 0 radical (unpaired) electrons. The summed E-state index contributed by atoms with van der Waals surface area (Å²) in [6.07, 6.45) is 2.10. The second kappa shape index (κ2) is 9.36. The summed E-state index contributed by atoms with van der Waals surface area (Å²) in [6.45, 7) is 17.1. The van der Waals surface area contributed by atoms with Crippen molar-refractivity contribution in [2.45, 2.75) is 65.6 Å². The van der Waals surface area contributed by atoms with Crippen molar-refractivity contribution < 1.29 is 4.79 Å². The fourth-order valence-electron chi connectivity index (χ4n) is 5.47. The molecule has 4 heteroatoms. The number of hydrogen-bond donors (Lipinski definition) is 0. The van der Waals surface area contributed by atoms with Crippen molar-refractivity contribution in [3.8, 4) is 0 Å². The van der Waals surface area contributed by atoms with Crippen LogP contribution < -0.4 is 0 Å². The maximum absolute atomic E-state index is 13.2. The van der Waals surface area contributed by atoms with Crippen LogP contribution >= 0.6 is 0 Å². The van der Waals surface area contributed by atoms with Crippen molar-refractivity contribution in [1.29, 1.82) is 0 Å². The van der Waals surface area contributed by atoms with Crippen molar-refractivity contribution >= 4 is 5.91 Å². The van der Waals surface area contributed by atoms with Gasteiger partial charge in [-0.1, -0.05) is 48.0 Å². The van der Waals surface area contributed by atoms with Crippen molar-refractivity contribution in [3.63, 3.8) is 0 Å². The highest BCUT2D eigenvalue weighted by Crippen LogP contribution is 2.32. The lowest BCUT2D eigenvalue weighted by atomic mass is 9.86. The second-order valence-corrected chi connectivity index (χ2v) is 10.3. The Kier molecular flexibility index (Phi) is 6.73. The van der Waals surface area contributed by atoms with Crippen LogP contribution in [-0.4, -0.2) is 64.9 Å². The van der Waals surface area contributed by atoms with Crippen LogP contribution in [0.25, 0.3) is 0 Å². The molecule has 2 aromatic carbocycles. The molecule has 0 saturated carbocycles. The van der Waals surface area contributed by atoms with Gasteiger partial charge in [-0.15, -0.1) is 0 Å². The molecule has 172 valence electrons. The van der Waals surface area contributed by atoms with Crippen molar-refractivity contribution in [1.82, 2.24) is 14.7 Å². The lowest BCUT2D eigenvalue weighted by Crippen LogP contribution is -2.61. The number of carbonyl (C=O) groups excluding carboxylic acids is 1. The van der Waals surface area contributed by atoms with E-state index in [-0.39, 0.29) is 11.4 Å². The molecule has 32 heavy (non-hydrogen) atoms. The summed E-state index contributed by atoms with van der Waals surface area (Å²) in [5.41, 5.74) is 5.97. The number of carbonyl (C=O) groups is 1. The minimum Gasteiger partial charge on any atom is -0.338 e. The molecule has 0 spiro atoms. The number of piperidine rings is 1. The van der Waals surface area contributed by atoms with Crippen LogP contribution in [0.4, 0.5) is 0 Å². The Morgan fingerprint density at radius 3 is 2.16 bits per heavy atom. The van der Waals surface area contributed by atoms with Gasteiger partial charge in [0, 0.05) is 56.4 Å². The summed E-state index contributed by atoms with van der Waals surface area (Å²) in [5, 5.41) is 0. The number of amides is 1. The van der Waals surface area contributed by atoms with Gasteiger partial charge in [0.25, 0.3) is 5.91 Å². The van der Waals surface area contributed by atoms with E-state index in [1.54, 1.807) is 0 Å². The number of piperazine rings is 1. The molecule has 2 aliphatic rings. The first-order valence-electron chi connectivity index (χ1n) is 12.2. The predicted octanol–water partition coefficient (Wildman–Crippen LogP) is 4.81. The van der Waals surface area contributed by atoms with Crippen molar-refractivity contribution in [2.24, 2.45) is 0 Å². The Labute approximate surface area is 194 Å².